The van der Waals surface area contributed by atoms with Gasteiger partial charge in [0.25, 0.3) is 0 Å². The van der Waals surface area contributed by atoms with Crippen molar-refractivity contribution in [3.05, 3.63) is 133 Å². The molecule has 6 aromatic rings. The number of rotatable bonds is 5. The van der Waals surface area contributed by atoms with Crippen LogP contribution >= 0.6 is 0 Å². The summed E-state index contributed by atoms with van der Waals surface area (Å²) in [6.45, 7) is 4.06. The van der Waals surface area contributed by atoms with E-state index in [0.717, 1.165) is 17.1 Å². The average molecular weight is 501 g/mol. The summed E-state index contributed by atoms with van der Waals surface area (Å²) in [6, 6.07) is 44.0. The first-order valence-corrected chi connectivity index (χ1v) is 13.4. The highest BCUT2D eigenvalue weighted by Gasteiger charge is 2.22. The zero-order valence-electron chi connectivity index (χ0n) is 22.1. The Morgan fingerprint density at radius 3 is 2.00 bits per heavy atom. The van der Waals surface area contributed by atoms with E-state index in [1.807, 2.05) is 19.3 Å². The van der Waals surface area contributed by atoms with Crippen molar-refractivity contribution in [2.24, 2.45) is 4.99 Å². The quantitative estimate of drug-likeness (QED) is 0.215. The van der Waals surface area contributed by atoms with Gasteiger partial charge in [-0.15, -0.1) is 0 Å². The van der Waals surface area contributed by atoms with Crippen molar-refractivity contribution in [1.29, 1.82) is 0 Å². The number of fused-ring (bicyclic) bond motifs is 4. The van der Waals surface area contributed by atoms with Crippen molar-refractivity contribution < 1.29 is 0 Å². The summed E-state index contributed by atoms with van der Waals surface area (Å²) >= 11 is 0. The number of aliphatic imine (C=N–C) groups is 1. The number of nitrogens with zero attached hydrogens (tertiary/aromatic N) is 2. The molecule has 0 bridgehead atoms. The predicted molar refractivity (Wildman–Crippen MR) is 168 cm³/mol. The molecule has 0 fully saturated rings. The second kappa shape index (κ2) is 9.41. The van der Waals surface area contributed by atoms with Crippen LogP contribution in [0.5, 0.6) is 0 Å². The van der Waals surface area contributed by atoms with E-state index in [0.29, 0.717) is 0 Å². The molecular weight excluding hydrogens is 472 g/mol. The lowest BCUT2D eigenvalue weighted by atomic mass is 9.94. The van der Waals surface area contributed by atoms with E-state index in [4.69, 9.17) is 0 Å². The zero-order valence-corrected chi connectivity index (χ0v) is 22.1. The fourth-order valence-corrected chi connectivity index (χ4v) is 6.03. The third-order valence-electron chi connectivity index (χ3n) is 7.76. The van der Waals surface area contributed by atoms with E-state index in [1.165, 1.54) is 54.9 Å². The van der Waals surface area contributed by atoms with Crippen LogP contribution in [0, 0.1) is 0 Å². The Bertz CT molecular complexity index is 1890. The lowest BCUT2D eigenvalue weighted by molar-refractivity contribution is 1.15. The molecule has 0 aromatic heterocycles. The molecular formula is C37H28N2. The molecule has 0 spiro atoms. The van der Waals surface area contributed by atoms with Gasteiger partial charge in [-0.2, -0.15) is 0 Å². The van der Waals surface area contributed by atoms with Crippen molar-refractivity contribution in [2.75, 3.05) is 4.90 Å². The minimum Gasteiger partial charge on any atom is -0.312 e. The molecule has 0 radical (unpaired) electrons. The smallest absolute Gasteiger partial charge is 0.0537 e. The average Bonchev–Trinajstić information content (AvgIpc) is 3.32. The van der Waals surface area contributed by atoms with Crippen molar-refractivity contribution in [3.8, 4) is 33.4 Å². The number of anilines is 2. The number of allylic oxidation sites excluding steroid dienone is 1. The predicted octanol–water partition coefficient (Wildman–Crippen LogP) is 10.4. The fourth-order valence-electron chi connectivity index (χ4n) is 6.03. The maximum atomic E-state index is 4.43. The summed E-state index contributed by atoms with van der Waals surface area (Å²) in [5.74, 6) is 0. The Morgan fingerprint density at radius 2 is 1.21 bits per heavy atom. The standard InChI is InChI=1S/C37H28N2/c1-3-38-24-25(2)39(36-17-8-11-26-10-4-5-12-30(26)36)28-20-18-27(19-21-28)29-22-23-35-32-14-7-6-13-31(32)34-16-9-15-33(29)37(34)35/h3-24H,1-2H3/b25-24+,38-3?. The van der Waals surface area contributed by atoms with Crippen LogP contribution in [-0.4, -0.2) is 6.21 Å². The maximum Gasteiger partial charge on any atom is 0.0537 e. The van der Waals surface area contributed by atoms with Crippen molar-refractivity contribution in [1.82, 2.24) is 0 Å². The third-order valence-corrected chi connectivity index (χ3v) is 7.76. The summed E-state index contributed by atoms with van der Waals surface area (Å²) < 4.78 is 0. The van der Waals surface area contributed by atoms with Crippen molar-refractivity contribution >= 4 is 39.1 Å². The van der Waals surface area contributed by atoms with Crippen LogP contribution in [0.25, 0.3) is 54.9 Å². The lowest BCUT2D eigenvalue weighted by Gasteiger charge is -2.27. The molecule has 7 rings (SSSR count). The molecule has 39 heavy (non-hydrogen) atoms. The van der Waals surface area contributed by atoms with Gasteiger partial charge in [0.1, 0.15) is 0 Å². The highest BCUT2D eigenvalue weighted by molar-refractivity contribution is 6.18. The van der Waals surface area contributed by atoms with Gasteiger partial charge in [-0.3, -0.25) is 4.99 Å². The first-order valence-electron chi connectivity index (χ1n) is 13.4. The maximum absolute atomic E-state index is 4.43. The van der Waals surface area contributed by atoms with Crippen LogP contribution in [0.15, 0.2) is 138 Å². The van der Waals surface area contributed by atoms with Crippen molar-refractivity contribution in [2.45, 2.75) is 13.8 Å². The van der Waals surface area contributed by atoms with Gasteiger partial charge < -0.3 is 4.90 Å². The summed E-state index contributed by atoms with van der Waals surface area (Å²) in [6.07, 6.45) is 3.75. The molecule has 1 aliphatic rings. The van der Waals surface area contributed by atoms with Crippen LogP contribution in [0.1, 0.15) is 13.8 Å². The summed E-state index contributed by atoms with van der Waals surface area (Å²) in [7, 11) is 0. The van der Waals surface area contributed by atoms with Crippen molar-refractivity contribution in [3.63, 3.8) is 0 Å². The van der Waals surface area contributed by atoms with Crippen LogP contribution in [0.2, 0.25) is 0 Å². The minimum atomic E-state index is 1.06. The number of hydrogen-bond acceptors (Lipinski definition) is 2. The second-order valence-corrected chi connectivity index (χ2v) is 9.99. The molecule has 6 aromatic carbocycles. The fraction of sp³-hybridized carbons (Fsp3) is 0.0541. The molecule has 1 aliphatic carbocycles. The van der Waals surface area contributed by atoms with Crippen LogP contribution in [0.3, 0.4) is 0 Å². The third kappa shape index (κ3) is 3.76. The van der Waals surface area contributed by atoms with Crippen LogP contribution in [-0.2, 0) is 0 Å². The van der Waals surface area contributed by atoms with E-state index < -0.39 is 0 Å². The topological polar surface area (TPSA) is 15.6 Å². The zero-order chi connectivity index (χ0) is 26.3. The van der Waals surface area contributed by atoms with Gasteiger partial charge in [0.15, 0.2) is 0 Å². The molecule has 2 nitrogen and oxygen atoms in total. The van der Waals surface area contributed by atoms with E-state index in [2.05, 4.69) is 138 Å². The Hall–Kier alpha value is -4.95. The first-order chi connectivity index (χ1) is 19.2. The summed E-state index contributed by atoms with van der Waals surface area (Å²) in [5.41, 5.74) is 11.1. The van der Waals surface area contributed by atoms with Gasteiger partial charge in [-0.05, 0) is 81.6 Å². The van der Waals surface area contributed by atoms with E-state index >= 15 is 0 Å². The lowest BCUT2D eigenvalue weighted by Crippen LogP contribution is -2.14. The Morgan fingerprint density at radius 1 is 0.590 bits per heavy atom. The molecule has 0 N–H and O–H groups in total. The van der Waals surface area contributed by atoms with E-state index in [9.17, 15) is 0 Å². The van der Waals surface area contributed by atoms with Gasteiger partial charge in [0.05, 0.1) is 5.69 Å². The van der Waals surface area contributed by atoms with E-state index in [-0.39, 0.29) is 0 Å². The van der Waals surface area contributed by atoms with Gasteiger partial charge in [-0.25, -0.2) is 0 Å². The Kier molecular flexibility index (Phi) is 5.60. The molecule has 0 saturated heterocycles. The van der Waals surface area contributed by atoms with Gasteiger partial charge >= 0.3 is 0 Å². The highest BCUT2D eigenvalue weighted by atomic mass is 15.2. The first kappa shape index (κ1) is 23.2. The molecule has 0 atom stereocenters. The van der Waals surface area contributed by atoms with E-state index in [1.54, 1.807) is 0 Å². The molecule has 2 heteroatoms. The van der Waals surface area contributed by atoms with Crippen LogP contribution in [0.4, 0.5) is 11.4 Å². The molecule has 0 amide bonds. The molecule has 0 unspecified atom stereocenters. The molecule has 0 aliphatic heterocycles. The molecule has 0 saturated carbocycles. The second-order valence-electron chi connectivity index (χ2n) is 9.99. The van der Waals surface area contributed by atoms with Gasteiger partial charge in [0, 0.05) is 29.2 Å². The monoisotopic (exact) mass is 500 g/mol. The highest BCUT2D eigenvalue weighted by Crippen LogP contribution is 2.49. The normalized spacial score (nSPS) is 12.4. The molecule has 0 heterocycles. The Labute approximate surface area is 229 Å². The summed E-state index contributed by atoms with van der Waals surface area (Å²) in [4.78, 5) is 6.73. The summed E-state index contributed by atoms with van der Waals surface area (Å²) in [5, 5.41) is 5.09. The number of benzene rings is 6. The van der Waals surface area contributed by atoms with Crippen LogP contribution < -0.4 is 4.90 Å². The van der Waals surface area contributed by atoms with Gasteiger partial charge in [0.2, 0.25) is 0 Å². The Balaban J connectivity index is 1.35. The minimum absolute atomic E-state index is 1.06. The SMILES string of the molecule is CC=N/C=C(\C)N(c1ccc(-c2ccc3c4c(cccc24)-c2ccccc2-3)cc1)c1cccc2ccccc12. The largest absolute Gasteiger partial charge is 0.312 e. The number of hydrogen-bond donors (Lipinski definition) is 0. The van der Waals surface area contributed by atoms with Gasteiger partial charge in [-0.1, -0.05) is 103 Å². The molecule has 186 valence electrons.